The summed E-state index contributed by atoms with van der Waals surface area (Å²) < 4.78 is 23.0. The lowest BCUT2D eigenvalue weighted by atomic mass is 10.1. The number of fused-ring (bicyclic) bond motifs is 3. The fraction of sp³-hybridized carbons (Fsp3) is 0.588. The Morgan fingerprint density at radius 3 is 2.79 bits per heavy atom. The molecule has 4 rings (SSSR count). The van der Waals surface area contributed by atoms with Crippen molar-refractivity contribution in [2.75, 3.05) is 6.54 Å². The number of carbonyl (C=O) groups excluding carboxylic acids is 1. The van der Waals surface area contributed by atoms with Gasteiger partial charge in [-0.2, -0.15) is 0 Å². The lowest BCUT2D eigenvalue weighted by Gasteiger charge is -2.27. The van der Waals surface area contributed by atoms with E-state index in [2.05, 4.69) is 0 Å². The molecule has 3 fully saturated rings. The van der Waals surface area contributed by atoms with Crippen LogP contribution in [0.15, 0.2) is 30.3 Å². The van der Waals surface area contributed by atoms with Crippen molar-refractivity contribution >= 4 is 6.09 Å². The molecular formula is C17H22N2O5. The predicted octanol–water partition coefficient (Wildman–Crippen LogP) is 1.21. The Morgan fingerprint density at radius 2 is 2.04 bits per heavy atom. The highest BCUT2D eigenvalue weighted by molar-refractivity contribution is 5.69. The monoisotopic (exact) mass is 334 g/mol. The molecule has 0 saturated carbocycles. The molecule has 24 heavy (non-hydrogen) atoms. The molecule has 7 heteroatoms. The van der Waals surface area contributed by atoms with E-state index in [1.807, 2.05) is 44.2 Å². The minimum atomic E-state index is -0.730. The molecule has 1 aromatic carbocycles. The number of rotatable bonds is 2. The molecule has 1 amide bonds. The first kappa shape index (κ1) is 15.8. The Labute approximate surface area is 140 Å². The van der Waals surface area contributed by atoms with E-state index in [1.165, 1.54) is 0 Å². The second-order valence-electron chi connectivity index (χ2n) is 6.92. The smallest absolute Gasteiger partial charge is 0.410 e. The molecule has 130 valence electrons. The van der Waals surface area contributed by atoms with Crippen molar-refractivity contribution in [1.29, 1.82) is 0 Å². The van der Waals surface area contributed by atoms with Crippen molar-refractivity contribution in [2.45, 2.75) is 56.8 Å². The summed E-state index contributed by atoms with van der Waals surface area (Å²) in [5.74, 6) is -0.730. The van der Waals surface area contributed by atoms with Gasteiger partial charge in [0.1, 0.15) is 18.8 Å². The molecule has 0 aromatic heterocycles. The first-order valence-corrected chi connectivity index (χ1v) is 8.19. The zero-order valence-corrected chi connectivity index (χ0v) is 13.8. The van der Waals surface area contributed by atoms with Gasteiger partial charge in [-0.15, -0.1) is 0 Å². The number of nitrogens with zero attached hydrogens (tertiary/aromatic N) is 1. The van der Waals surface area contributed by atoms with E-state index < -0.39 is 18.2 Å². The molecule has 0 radical (unpaired) electrons. The van der Waals surface area contributed by atoms with Crippen LogP contribution in [0.3, 0.4) is 0 Å². The average molecular weight is 334 g/mol. The number of likely N-dealkylation sites (tertiary alicyclic amines) is 1. The van der Waals surface area contributed by atoms with Gasteiger partial charge in [0.05, 0.1) is 12.1 Å². The first-order valence-electron chi connectivity index (χ1n) is 8.19. The normalized spacial score (nSPS) is 36.5. The van der Waals surface area contributed by atoms with Gasteiger partial charge in [0.15, 0.2) is 12.1 Å². The van der Waals surface area contributed by atoms with Crippen LogP contribution in [0.5, 0.6) is 0 Å². The van der Waals surface area contributed by atoms with E-state index in [1.54, 1.807) is 4.90 Å². The molecule has 0 bridgehead atoms. The Morgan fingerprint density at radius 1 is 1.29 bits per heavy atom. The highest BCUT2D eigenvalue weighted by Gasteiger charge is 2.62. The number of ether oxygens (including phenoxy) is 4. The SMILES string of the molecule is CC1(C)O[C@H]2OC3[C@H](N)CN(C(=O)OCc4ccccc4)[C@@H]3[C@H]2O1. The first-order chi connectivity index (χ1) is 11.4. The van der Waals surface area contributed by atoms with Gasteiger partial charge in [-0.1, -0.05) is 30.3 Å². The fourth-order valence-corrected chi connectivity index (χ4v) is 3.68. The number of carbonyl (C=O) groups is 1. The summed E-state index contributed by atoms with van der Waals surface area (Å²) in [4.78, 5) is 14.2. The van der Waals surface area contributed by atoms with Crippen LogP contribution in [0.1, 0.15) is 19.4 Å². The molecule has 7 nitrogen and oxygen atoms in total. The maximum Gasteiger partial charge on any atom is 0.410 e. The highest BCUT2D eigenvalue weighted by Crippen LogP contribution is 2.42. The molecular weight excluding hydrogens is 312 g/mol. The van der Waals surface area contributed by atoms with Gasteiger partial charge in [-0.25, -0.2) is 4.79 Å². The van der Waals surface area contributed by atoms with Crippen LogP contribution in [-0.2, 0) is 25.6 Å². The summed E-state index contributed by atoms with van der Waals surface area (Å²) in [5, 5.41) is 0. The molecule has 0 spiro atoms. The molecule has 5 atom stereocenters. The number of nitrogens with two attached hydrogens (primary N) is 1. The summed E-state index contributed by atoms with van der Waals surface area (Å²) in [6.45, 7) is 4.27. The summed E-state index contributed by atoms with van der Waals surface area (Å²) in [5.41, 5.74) is 7.08. The molecule has 3 heterocycles. The fourth-order valence-electron chi connectivity index (χ4n) is 3.68. The van der Waals surface area contributed by atoms with E-state index >= 15 is 0 Å². The molecule has 0 aliphatic carbocycles. The van der Waals surface area contributed by atoms with Crippen molar-refractivity contribution in [3.05, 3.63) is 35.9 Å². The largest absolute Gasteiger partial charge is 0.445 e. The molecule has 1 unspecified atom stereocenters. The van der Waals surface area contributed by atoms with Crippen LogP contribution < -0.4 is 5.73 Å². The van der Waals surface area contributed by atoms with Crippen LogP contribution in [0.25, 0.3) is 0 Å². The van der Waals surface area contributed by atoms with Crippen molar-refractivity contribution in [3.63, 3.8) is 0 Å². The second-order valence-corrected chi connectivity index (χ2v) is 6.92. The number of benzene rings is 1. The number of hydrogen-bond acceptors (Lipinski definition) is 6. The van der Waals surface area contributed by atoms with Gasteiger partial charge >= 0.3 is 6.09 Å². The van der Waals surface area contributed by atoms with Crippen LogP contribution in [0.4, 0.5) is 4.79 Å². The lowest BCUT2D eigenvalue weighted by molar-refractivity contribution is -0.207. The third-order valence-corrected chi connectivity index (χ3v) is 4.68. The summed E-state index contributed by atoms with van der Waals surface area (Å²) >= 11 is 0. The Balaban J connectivity index is 1.46. The minimum absolute atomic E-state index is 0.223. The van der Waals surface area contributed by atoms with Gasteiger partial charge in [0.25, 0.3) is 0 Å². The van der Waals surface area contributed by atoms with E-state index in [0.29, 0.717) is 6.54 Å². The van der Waals surface area contributed by atoms with Crippen molar-refractivity contribution in [1.82, 2.24) is 4.90 Å². The van der Waals surface area contributed by atoms with Gasteiger partial charge < -0.3 is 24.7 Å². The molecule has 3 saturated heterocycles. The minimum Gasteiger partial charge on any atom is -0.445 e. The van der Waals surface area contributed by atoms with Crippen LogP contribution in [0, 0.1) is 0 Å². The lowest BCUT2D eigenvalue weighted by Crippen LogP contribution is -2.46. The molecule has 1 aromatic rings. The van der Waals surface area contributed by atoms with Crippen LogP contribution >= 0.6 is 0 Å². The summed E-state index contributed by atoms with van der Waals surface area (Å²) in [6.07, 6.45) is -1.53. The number of hydrogen-bond donors (Lipinski definition) is 1. The van der Waals surface area contributed by atoms with Crippen molar-refractivity contribution in [3.8, 4) is 0 Å². The second kappa shape index (κ2) is 5.70. The van der Waals surface area contributed by atoms with Gasteiger partial charge in [0.2, 0.25) is 0 Å². The average Bonchev–Trinajstić information content (AvgIpc) is 3.14. The quantitative estimate of drug-likeness (QED) is 0.875. The maximum atomic E-state index is 12.6. The van der Waals surface area contributed by atoms with E-state index in [0.717, 1.165) is 5.56 Å². The molecule has 2 N–H and O–H groups in total. The third kappa shape index (κ3) is 2.67. The Kier molecular flexibility index (Phi) is 3.76. The zero-order chi connectivity index (χ0) is 16.9. The predicted molar refractivity (Wildman–Crippen MR) is 83.8 cm³/mol. The van der Waals surface area contributed by atoms with Gasteiger partial charge in [0, 0.05) is 6.54 Å². The summed E-state index contributed by atoms with van der Waals surface area (Å²) in [6, 6.07) is 9.01. The maximum absolute atomic E-state index is 12.6. The topological polar surface area (TPSA) is 83.3 Å². The van der Waals surface area contributed by atoms with E-state index in [-0.39, 0.29) is 30.9 Å². The zero-order valence-electron chi connectivity index (χ0n) is 13.8. The number of amides is 1. The summed E-state index contributed by atoms with van der Waals surface area (Å²) in [7, 11) is 0. The third-order valence-electron chi connectivity index (χ3n) is 4.68. The van der Waals surface area contributed by atoms with E-state index in [4.69, 9.17) is 24.7 Å². The molecule has 3 aliphatic rings. The van der Waals surface area contributed by atoms with Crippen LogP contribution in [0.2, 0.25) is 0 Å². The van der Waals surface area contributed by atoms with Crippen LogP contribution in [-0.4, -0.2) is 53.9 Å². The standard InChI is InChI=1S/C17H22N2O5/c1-17(2)23-14-12-13(22-15(14)24-17)11(18)8-19(12)16(20)21-9-10-6-4-3-5-7-10/h3-7,11-15H,8-9,18H2,1-2H3/t11-,12+,13?,14-,15-/m1/s1. The Bertz CT molecular complexity index is 623. The Hall–Kier alpha value is -1.67. The van der Waals surface area contributed by atoms with Crippen molar-refractivity contribution < 1.29 is 23.7 Å². The van der Waals surface area contributed by atoms with Gasteiger partial charge in [-0.05, 0) is 19.4 Å². The molecule has 3 aliphatic heterocycles. The van der Waals surface area contributed by atoms with Gasteiger partial charge in [-0.3, -0.25) is 4.90 Å². The highest BCUT2D eigenvalue weighted by atomic mass is 16.8. The van der Waals surface area contributed by atoms with E-state index in [9.17, 15) is 4.79 Å². The van der Waals surface area contributed by atoms with Crippen molar-refractivity contribution in [2.24, 2.45) is 5.73 Å².